The predicted octanol–water partition coefficient (Wildman–Crippen LogP) is 1.44. The van der Waals surface area contributed by atoms with Crippen LogP contribution in [-0.2, 0) is 4.74 Å². The van der Waals surface area contributed by atoms with Gasteiger partial charge in [0.25, 0.3) is 0 Å². The van der Waals surface area contributed by atoms with Crippen LogP contribution in [-0.4, -0.2) is 40.0 Å². The van der Waals surface area contributed by atoms with Gasteiger partial charge in [0.2, 0.25) is 0 Å². The number of ether oxygens (including phenoxy) is 1. The first-order valence-electron chi connectivity index (χ1n) is 5.50. The molecule has 0 radical (unpaired) electrons. The molecule has 0 atom stereocenters. The van der Waals surface area contributed by atoms with Crippen LogP contribution in [0.2, 0.25) is 0 Å². The van der Waals surface area contributed by atoms with Gasteiger partial charge in [-0.1, -0.05) is 0 Å². The van der Waals surface area contributed by atoms with Gasteiger partial charge in [0.1, 0.15) is 11.2 Å². The van der Waals surface area contributed by atoms with Crippen LogP contribution < -0.4 is 4.90 Å². The van der Waals surface area contributed by atoms with Gasteiger partial charge < -0.3 is 9.64 Å². The Labute approximate surface area is 106 Å². The second kappa shape index (κ2) is 4.46. The van der Waals surface area contributed by atoms with Crippen molar-refractivity contribution < 1.29 is 9.66 Å². The number of hydrogen-bond donors (Lipinski definition) is 0. The average molecular weight is 266 g/mol. The summed E-state index contributed by atoms with van der Waals surface area (Å²) in [5.74, 6) is 0. The zero-order valence-corrected chi connectivity index (χ0v) is 10.2. The highest BCUT2D eigenvalue weighted by Gasteiger charge is 2.26. The van der Waals surface area contributed by atoms with Crippen LogP contribution in [0, 0.1) is 10.1 Å². The predicted molar refractivity (Wildman–Crippen MR) is 67.1 cm³/mol. The molecule has 1 fully saturated rings. The lowest BCUT2D eigenvalue weighted by Crippen LogP contribution is -2.36. The number of benzene rings is 1. The fourth-order valence-corrected chi connectivity index (χ4v) is 2.60. The molecular formula is C10H10N4O3S. The van der Waals surface area contributed by atoms with E-state index in [2.05, 4.69) is 8.75 Å². The van der Waals surface area contributed by atoms with Gasteiger partial charge in [-0.3, -0.25) is 10.1 Å². The van der Waals surface area contributed by atoms with Gasteiger partial charge in [-0.05, 0) is 12.1 Å². The number of rotatable bonds is 2. The molecule has 0 bridgehead atoms. The fourth-order valence-electron chi connectivity index (χ4n) is 2.07. The zero-order valence-electron chi connectivity index (χ0n) is 9.40. The number of fused-ring (bicyclic) bond motifs is 1. The summed E-state index contributed by atoms with van der Waals surface area (Å²) in [5, 5.41) is 11.3. The summed E-state index contributed by atoms with van der Waals surface area (Å²) < 4.78 is 13.3. The maximum Gasteiger partial charge on any atom is 0.321 e. The maximum absolute atomic E-state index is 11.3. The first-order valence-corrected chi connectivity index (χ1v) is 6.23. The van der Waals surface area contributed by atoms with Gasteiger partial charge >= 0.3 is 5.69 Å². The number of hydrogen-bond acceptors (Lipinski definition) is 7. The summed E-state index contributed by atoms with van der Waals surface area (Å²) in [6.07, 6.45) is 0. The van der Waals surface area contributed by atoms with Crippen LogP contribution in [0.3, 0.4) is 0 Å². The van der Waals surface area contributed by atoms with Crippen LogP contribution in [0.4, 0.5) is 11.4 Å². The molecule has 7 nitrogen and oxygen atoms in total. The van der Waals surface area contributed by atoms with Crippen molar-refractivity contribution in [1.29, 1.82) is 0 Å². The Balaban J connectivity index is 2.14. The summed E-state index contributed by atoms with van der Waals surface area (Å²) in [7, 11) is 0. The molecule has 0 N–H and O–H groups in total. The molecular weight excluding hydrogens is 256 g/mol. The molecule has 0 aliphatic carbocycles. The Morgan fingerprint density at radius 3 is 2.83 bits per heavy atom. The van der Waals surface area contributed by atoms with Crippen LogP contribution in [0.5, 0.6) is 0 Å². The number of nitrogens with zero attached hydrogens (tertiary/aromatic N) is 4. The molecule has 2 heterocycles. The molecule has 0 saturated carbocycles. The highest BCUT2D eigenvalue weighted by Crippen LogP contribution is 2.35. The van der Waals surface area contributed by atoms with Crippen molar-refractivity contribution >= 4 is 34.1 Å². The minimum Gasteiger partial charge on any atom is -0.378 e. The van der Waals surface area contributed by atoms with Crippen molar-refractivity contribution in [3.8, 4) is 0 Å². The fraction of sp³-hybridized carbons (Fsp3) is 0.400. The maximum atomic E-state index is 11.3. The molecule has 94 valence electrons. The van der Waals surface area contributed by atoms with Crippen molar-refractivity contribution in [2.75, 3.05) is 31.2 Å². The summed E-state index contributed by atoms with van der Waals surface area (Å²) in [6.45, 7) is 2.49. The van der Waals surface area contributed by atoms with Crippen molar-refractivity contribution in [2.45, 2.75) is 0 Å². The molecule has 3 rings (SSSR count). The Morgan fingerprint density at radius 2 is 2.11 bits per heavy atom. The Bertz CT molecular complexity index is 594. The molecule has 0 amide bonds. The lowest BCUT2D eigenvalue weighted by molar-refractivity contribution is -0.382. The number of anilines is 1. The molecule has 1 saturated heterocycles. The monoisotopic (exact) mass is 266 g/mol. The van der Waals surface area contributed by atoms with Gasteiger partial charge in [0, 0.05) is 13.1 Å². The van der Waals surface area contributed by atoms with Crippen molar-refractivity contribution in [2.24, 2.45) is 0 Å². The molecule has 1 aliphatic heterocycles. The topological polar surface area (TPSA) is 81.4 Å². The van der Waals surface area contributed by atoms with Crippen molar-refractivity contribution in [1.82, 2.24) is 8.75 Å². The summed E-state index contributed by atoms with van der Waals surface area (Å²) >= 11 is 0.992. The van der Waals surface area contributed by atoms with E-state index in [4.69, 9.17) is 4.74 Å². The average Bonchev–Trinajstić information content (AvgIpc) is 2.86. The molecule has 8 heteroatoms. The molecule has 1 aromatic carbocycles. The van der Waals surface area contributed by atoms with Crippen LogP contribution in [0.15, 0.2) is 12.1 Å². The van der Waals surface area contributed by atoms with Gasteiger partial charge in [-0.15, -0.1) is 0 Å². The largest absolute Gasteiger partial charge is 0.378 e. The molecule has 18 heavy (non-hydrogen) atoms. The Morgan fingerprint density at radius 1 is 1.33 bits per heavy atom. The van der Waals surface area contributed by atoms with E-state index in [9.17, 15) is 10.1 Å². The van der Waals surface area contributed by atoms with Gasteiger partial charge in [-0.25, -0.2) is 0 Å². The second-order valence-corrected chi connectivity index (χ2v) is 4.45. The van der Waals surface area contributed by atoms with Gasteiger partial charge in [0.05, 0.1) is 29.9 Å². The minimum absolute atomic E-state index is 0.0446. The second-order valence-electron chi connectivity index (χ2n) is 3.92. The zero-order chi connectivity index (χ0) is 12.5. The summed E-state index contributed by atoms with van der Waals surface area (Å²) in [6, 6.07) is 3.52. The standard InChI is InChI=1S/C10H10N4O3S/c15-14(16)10-8(13-3-5-17-6-4-13)2-1-7-9(10)12-18-11-7/h1-2H,3-6H2. The van der Waals surface area contributed by atoms with E-state index >= 15 is 0 Å². The number of nitro groups is 1. The van der Waals surface area contributed by atoms with E-state index in [1.807, 2.05) is 4.90 Å². The van der Waals surface area contributed by atoms with Crippen LogP contribution in [0.1, 0.15) is 0 Å². The lowest BCUT2D eigenvalue weighted by atomic mass is 10.2. The lowest BCUT2D eigenvalue weighted by Gasteiger charge is -2.28. The SMILES string of the molecule is O=[N+]([O-])c1c(N2CCOCC2)ccc2nsnc12. The van der Waals surface area contributed by atoms with E-state index in [0.29, 0.717) is 43.0 Å². The number of nitro benzene ring substituents is 1. The van der Waals surface area contributed by atoms with Crippen molar-refractivity contribution in [3.05, 3.63) is 22.2 Å². The molecule has 0 unspecified atom stereocenters. The van der Waals surface area contributed by atoms with Gasteiger partial charge in [-0.2, -0.15) is 8.75 Å². The van der Waals surface area contributed by atoms with Crippen molar-refractivity contribution in [3.63, 3.8) is 0 Å². The quantitative estimate of drug-likeness (QED) is 0.604. The summed E-state index contributed by atoms with van der Waals surface area (Å²) in [4.78, 5) is 12.8. The smallest absolute Gasteiger partial charge is 0.321 e. The molecule has 0 spiro atoms. The summed E-state index contributed by atoms with van der Waals surface area (Å²) in [5.41, 5.74) is 1.59. The molecule has 2 aromatic rings. The minimum atomic E-state index is -0.380. The third-order valence-electron chi connectivity index (χ3n) is 2.91. The van der Waals surface area contributed by atoms with E-state index in [-0.39, 0.29) is 10.6 Å². The highest BCUT2D eigenvalue weighted by atomic mass is 32.1. The first kappa shape index (κ1) is 11.3. The number of aromatic nitrogens is 2. The normalized spacial score (nSPS) is 16.1. The third kappa shape index (κ3) is 1.79. The highest BCUT2D eigenvalue weighted by molar-refractivity contribution is 7.00. The van der Waals surface area contributed by atoms with Crippen LogP contribution >= 0.6 is 11.7 Å². The van der Waals surface area contributed by atoms with E-state index in [0.717, 1.165) is 11.7 Å². The number of morpholine rings is 1. The van der Waals surface area contributed by atoms with Crippen LogP contribution in [0.25, 0.3) is 11.0 Å². The van der Waals surface area contributed by atoms with E-state index in [1.54, 1.807) is 12.1 Å². The van der Waals surface area contributed by atoms with E-state index < -0.39 is 0 Å². The first-order chi connectivity index (χ1) is 8.77. The van der Waals surface area contributed by atoms with E-state index in [1.165, 1.54) is 0 Å². The third-order valence-corrected chi connectivity index (χ3v) is 3.46. The Hall–Kier alpha value is -1.80. The molecule has 1 aromatic heterocycles. The van der Waals surface area contributed by atoms with Gasteiger partial charge in [0.15, 0.2) is 5.52 Å². The Kier molecular flexibility index (Phi) is 2.80. The molecule has 1 aliphatic rings.